The van der Waals surface area contributed by atoms with Crippen LogP contribution in [0.4, 0.5) is 0 Å². The van der Waals surface area contributed by atoms with Gasteiger partial charge in [-0.2, -0.15) is 0 Å². The number of rotatable bonds is 6. The first-order chi connectivity index (χ1) is 9.72. The average Bonchev–Trinajstić information content (AvgIpc) is 2.47. The van der Waals surface area contributed by atoms with Gasteiger partial charge in [0.25, 0.3) is 0 Å². The number of pyridine rings is 1. The summed E-state index contributed by atoms with van der Waals surface area (Å²) in [7, 11) is 0. The Kier molecular flexibility index (Phi) is 5.13. The minimum Gasteiger partial charge on any atom is -0.439 e. The highest BCUT2D eigenvalue weighted by Gasteiger charge is 2.04. The average molecular weight is 270 g/mol. The summed E-state index contributed by atoms with van der Waals surface area (Å²) in [5.41, 5.74) is 3.49. The van der Waals surface area contributed by atoms with Crippen molar-refractivity contribution in [2.24, 2.45) is 0 Å². The van der Waals surface area contributed by atoms with Crippen molar-refractivity contribution in [1.82, 2.24) is 10.3 Å². The van der Waals surface area contributed by atoms with Crippen LogP contribution in [0.2, 0.25) is 0 Å². The smallest absolute Gasteiger partial charge is 0.219 e. The molecule has 1 aromatic carbocycles. The Labute approximate surface area is 121 Å². The van der Waals surface area contributed by atoms with Gasteiger partial charge < -0.3 is 10.1 Å². The van der Waals surface area contributed by atoms with Crippen LogP contribution in [-0.4, -0.2) is 11.5 Å². The second-order valence-corrected chi connectivity index (χ2v) is 4.78. The Morgan fingerprint density at radius 3 is 2.70 bits per heavy atom. The zero-order valence-electron chi connectivity index (χ0n) is 12.4. The molecular weight excluding hydrogens is 248 g/mol. The van der Waals surface area contributed by atoms with Crippen LogP contribution in [-0.2, 0) is 13.0 Å². The van der Waals surface area contributed by atoms with Crippen LogP contribution in [0.3, 0.4) is 0 Å². The highest BCUT2D eigenvalue weighted by Crippen LogP contribution is 2.22. The number of benzene rings is 1. The van der Waals surface area contributed by atoms with Gasteiger partial charge in [-0.1, -0.05) is 32.0 Å². The molecule has 106 valence electrons. The Morgan fingerprint density at radius 1 is 1.15 bits per heavy atom. The van der Waals surface area contributed by atoms with E-state index in [1.165, 1.54) is 11.1 Å². The number of hydrogen-bond donors (Lipinski definition) is 1. The number of nitrogens with one attached hydrogen (secondary N) is 1. The van der Waals surface area contributed by atoms with Gasteiger partial charge >= 0.3 is 0 Å². The summed E-state index contributed by atoms with van der Waals surface area (Å²) in [6, 6.07) is 12.1. The maximum atomic E-state index is 5.83. The normalized spacial score (nSPS) is 10.6. The molecule has 3 nitrogen and oxygen atoms in total. The minimum atomic E-state index is 0.649. The Bertz CT molecular complexity index is 567. The van der Waals surface area contributed by atoms with Gasteiger partial charge in [0.15, 0.2) is 0 Å². The van der Waals surface area contributed by atoms with E-state index >= 15 is 0 Å². The molecule has 3 heteroatoms. The number of aryl methyl sites for hydroxylation is 2. The summed E-state index contributed by atoms with van der Waals surface area (Å²) in [6.07, 6.45) is 1.01. The minimum absolute atomic E-state index is 0.649. The van der Waals surface area contributed by atoms with Crippen molar-refractivity contribution in [3.8, 4) is 11.6 Å². The van der Waals surface area contributed by atoms with Crippen LogP contribution in [0.25, 0.3) is 0 Å². The molecule has 0 aliphatic heterocycles. The highest BCUT2D eigenvalue weighted by atomic mass is 16.5. The van der Waals surface area contributed by atoms with E-state index in [0.717, 1.165) is 31.0 Å². The lowest BCUT2D eigenvalue weighted by Gasteiger charge is -2.10. The van der Waals surface area contributed by atoms with E-state index in [1.54, 1.807) is 0 Å². The van der Waals surface area contributed by atoms with Crippen molar-refractivity contribution < 1.29 is 4.74 Å². The second-order valence-electron chi connectivity index (χ2n) is 4.78. The molecule has 1 N–H and O–H groups in total. The van der Waals surface area contributed by atoms with Crippen molar-refractivity contribution in [2.45, 2.75) is 33.7 Å². The van der Waals surface area contributed by atoms with Crippen molar-refractivity contribution >= 4 is 0 Å². The first-order valence-corrected chi connectivity index (χ1v) is 7.17. The molecule has 20 heavy (non-hydrogen) atoms. The van der Waals surface area contributed by atoms with Crippen LogP contribution in [0.1, 0.15) is 30.7 Å². The molecule has 0 bridgehead atoms. The molecule has 1 aromatic heterocycles. The molecule has 0 aliphatic carbocycles. The van der Waals surface area contributed by atoms with Crippen molar-refractivity contribution in [2.75, 3.05) is 6.54 Å². The summed E-state index contributed by atoms with van der Waals surface area (Å²) in [5.74, 6) is 1.49. The number of aromatic nitrogens is 1. The molecule has 0 unspecified atom stereocenters. The lowest BCUT2D eigenvalue weighted by molar-refractivity contribution is 0.460. The Morgan fingerprint density at radius 2 is 2.00 bits per heavy atom. The third-order valence-electron chi connectivity index (χ3n) is 3.26. The summed E-state index contributed by atoms with van der Waals surface area (Å²) >= 11 is 0. The quantitative estimate of drug-likeness (QED) is 0.865. The van der Waals surface area contributed by atoms with E-state index in [4.69, 9.17) is 4.74 Å². The molecule has 0 amide bonds. The molecule has 0 aliphatic rings. The molecule has 0 radical (unpaired) electrons. The Balaban J connectivity index is 2.11. The van der Waals surface area contributed by atoms with Crippen LogP contribution >= 0.6 is 0 Å². The van der Waals surface area contributed by atoms with E-state index in [9.17, 15) is 0 Å². The number of nitrogens with zero attached hydrogens (tertiary/aromatic N) is 1. The molecule has 0 fully saturated rings. The van der Waals surface area contributed by atoms with E-state index < -0.39 is 0 Å². The summed E-state index contributed by atoms with van der Waals surface area (Å²) in [4.78, 5) is 4.51. The van der Waals surface area contributed by atoms with Gasteiger partial charge in [0.05, 0.1) is 0 Å². The predicted molar refractivity (Wildman–Crippen MR) is 82.2 cm³/mol. The molecule has 0 saturated carbocycles. The maximum Gasteiger partial charge on any atom is 0.219 e. The van der Waals surface area contributed by atoms with Gasteiger partial charge in [0.2, 0.25) is 5.88 Å². The SMILES string of the molecule is CCNCc1ccc(Oc2cccc(CC)c2)nc1C. The Hall–Kier alpha value is -1.87. The van der Waals surface area contributed by atoms with E-state index in [1.807, 2.05) is 25.1 Å². The van der Waals surface area contributed by atoms with E-state index in [0.29, 0.717) is 5.88 Å². The van der Waals surface area contributed by atoms with Crippen LogP contribution in [0.15, 0.2) is 36.4 Å². The fourth-order valence-corrected chi connectivity index (χ4v) is 2.02. The fraction of sp³-hybridized carbons (Fsp3) is 0.353. The fourth-order valence-electron chi connectivity index (χ4n) is 2.02. The highest BCUT2D eigenvalue weighted by molar-refractivity contribution is 5.33. The number of ether oxygens (including phenoxy) is 1. The van der Waals surface area contributed by atoms with Gasteiger partial charge in [-0.3, -0.25) is 0 Å². The van der Waals surface area contributed by atoms with E-state index in [-0.39, 0.29) is 0 Å². The monoisotopic (exact) mass is 270 g/mol. The lowest BCUT2D eigenvalue weighted by Crippen LogP contribution is -2.13. The van der Waals surface area contributed by atoms with Crippen LogP contribution in [0.5, 0.6) is 11.6 Å². The number of hydrogen-bond acceptors (Lipinski definition) is 3. The molecular formula is C17H22N2O. The summed E-state index contributed by atoms with van der Waals surface area (Å²) < 4.78 is 5.83. The third kappa shape index (κ3) is 3.81. The predicted octanol–water partition coefficient (Wildman–Crippen LogP) is 3.85. The van der Waals surface area contributed by atoms with Gasteiger partial charge in [-0.25, -0.2) is 4.98 Å². The topological polar surface area (TPSA) is 34.1 Å². The largest absolute Gasteiger partial charge is 0.439 e. The van der Waals surface area contributed by atoms with Gasteiger partial charge in [-0.15, -0.1) is 0 Å². The molecule has 2 rings (SSSR count). The standard InChI is InChI=1S/C17H22N2O/c1-4-14-7-6-8-16(11-14)20-17-10-9-15(12-18-5-2)13(3)19-17/h6-11,18H,4-5,12H2,1-3H3. The van der Waals surface area contributed by atoms with E-state index in [2.05, 4.69) is 42.3 Å². The molecule has 1 heterocycles. The van der Waals surface area contributed by atoms with Gasteiger partial charge in [-0.05, 0) is 43.1 Å². The maximum absolute atomic E-state index is 5.83. The van der Waals surface area contributed by atoms with Crippen molar-refractivity contribution in [1.29, 1.82) is 0 Å². The molecule has 0 atom stereocenters. The first kappa shape index (κ1) is 14.5. The second kappa shape index (κ2) is 7.06. The van der Waals surface area contributed by atoms with Crippen molar-refractivity contribution in [3.63, 3.8) is 0 Å². The molecule has 0 spiro atoms. The lowest BCUT2D eigenvalue weighted by atomic mass is 10.2. The summed E-state index contributed by atoms with van der Waals surface area (Å²) in [5, 5.41) is 3.31. The molecule has 0 saturated heterocycles. The summed E-state index contributed by atoms with van der Waals surface area (Å²) in [6.45, 7) is 8.06. The van der Waals surface area contributed by atoms with Crippen molar-refractivity contribution in [3.05, 3.63) is 53.2 Å². The third-order valence-corrected chi connectivity index (χ3v) is 3.26. The van der Waals surface area contributed by atoms with Gasteiger partial charge in [0.1, 0.15) is 5.75 Å². The first-order valence-electron chi connectivity index (χ1n) is 7.17. The van der Waals surface area contributed by atoms with Gasteiger partial charge in [0, 0.05) is 18.3 Å². The van der Waals surface area contributed by atoms with Crippen LogP contribution in [0, 0.1) is 6.92 Å². The zero-order valence-corrected chi connectivity index (χ0v) is 12.4. The zero-order chi connectivity index (χ0) is 14.4. The molecule has 2 aromatic rings. The van der Waals surface area contributed by atoms with Crippen LogP contribution < -0.4 is 10.1 Å².